The van der Waals surface area contributed by atoms with E-state index in [0.29, 0.717) is 26.2 Å². The van der Waals surface area contributed by atoms with Gasteiger partial charge in [0.2, 0.25) is 0 Å². The van der Waals surface area contributed by atoms with Gasteiger partial charge >= 0.3 is 6.09 Å². The highest BCUT2D eigenvalue weighted by Gasteiger charge is 2.25. The van der Waals surface area contributed by atoms with Crippen molar-refractivity contribution in [3.05, 3.63) is 65.2 Å². The van der Waals surface area contributed by atoms with Crippen LogP contribution in [0.1, 0.15) is 29.7 Å². The lowest BCUT2D eigenvalue weighted by Gasteiger charge is -2.33. The van der Waals surface area contributed by atoms with Crippen molar-refractivity contribution < 1.29 is 19.4 Å². The second kappa shape index (κ2) is 9.57. The van der Waals surface area contributed by atoms with Gasteiger partial charge in [-0.05, 0) is 25.5 Å². The summed E-state index contributed by atoms with van der Waals surface area (Å²) in [6.45, 7) is 6.34. The van der Waals surface area contributed by atoms with Gasteiger partial charge in [0.1, 0.15) is 12.4 Å². The molecule has 2 N–H and O–H groups in total. The van der Waals surface area contributed by atoms with Gasteiger partial charge in [-0.2, -0.15) is 0 Å². The van der Waals surface area contributed by atoms with E-state index in [9.17, 15) is 9.90 Å². The second-order valence-electron chi connectivity index (χ2n) is 7.17. The molecule has 0 bridgehead atoms. The zero-order valence-electron chi connectivity index (χ0n) is 16.4. The Bertz CT molecular complexity index is 781. The van der Waals surface area contributed by atoms with Gasteiger partial charge in [0.05, 0.1) is 19.3 Å². The van der Waals surface area contributed by atoms with Crippen LogP contribution in [0.3, 0.4) is 0 Å². The maximum atomic E-state index is 12.4. The number of nitrogens with one attached hydrogen (secondary N) is 1. The predicted molar refractivity (Wildman–Crippen MR) is 107 cm³/mol. The summed E-state index contributed by atoms with van der Waals surface area (Å²) < 4.78 is 11.2. The Kier molecular flexibility index (Phi) is 6.90. The first-order chi connectivity index (χ1) is 13.5. The third kappa shape index (κ3) is 5.47. The average molecular weight is 384 g/mol. The monoisotopic (exact) mass is 384 g/mol. The summed E-state index contributed by atoms with van der Waals surface area (Å²) in [5.41, 5.74) is 2.92. The van der Waals surface area contributed by atoms with Crippen LogP contribution < -0.4 is 5.32 Å². The van der Waals surface area contributed by atoms with E-state index in [1.807, 2.05) is 56.3 Å². The van der Waals surface area contributed by atoms with Crippen LogP contribution in [0.15, 0.2) is 48.5 Å². The Morgan fingerprint density at radius 3 is 2.89 bits per heavy atom. The molecule has 3 rings (SSSR count). The summed E-state index contributed by atoms with van der Waals surface area (Å²) in [5, 5.41) is 13.5. The Morgan fingerprint density at radius 1 is 1.32 bits per heavy atom. The van der Waals surface area contributed by atoms with Crippen LogP contribution >= 0.6 is 0 Å². The summed E-state index contributed by atoms with van der Waals surface area (Å²) in [4.78, 5) is 14.0. The van der Waals surface area contributed by atoms with Crippen molar-refractivity contribution >= 4 is 6.09 Å². The van der Waals surface area contributed by atoms with E-state index in [4.69, 9.17) is 9.47 Å². The minimum Gasteiger partial charge on any atom is -0.508 e. The highest BCUT2D eigenvalue weighted by molar-refractivity contribution is 5.67. The Hall–Kier alpha value is -2.57. The van der Waals surface area contributed by atoms with Crippen LogP contribution in [0.2, 0.25) is 0 Å². The van der Waals surface area contributed by atoms with E-state index in [2.05, 4.69) is 5.32 Å². The molecule has 0 aromatic heterocycles. The zero-order valence-corrected chi connectivity index (χ0v) is 16.4. The largest absolute Gasteiger partial charge is 0.508 e. The predicted octanol–water partition coefficient (Wildman–Crippen LogP) is 3.39. The molecule has 2 atom stereocenters. The number of hydrogen-bond donors (Lipinski definition) is 2. The molecule has 28 heavy (non-hydrogen) atoms. The van der Waals surface area contributed by atoms with Crippen molar-refractivity contribution in [3.8, 4) is 5.75 Å². The number of nitrogens with zero attached hydrogens (tertiary/aromatic N) is 1. The lowest BCUT2D eigenvalue weighted by molar-refractivity contribution is -0.0278. The van der Waals surface area contributed by atoms with Crippen molar-refractivity contribution in [2.45, 2.75) is 32.6 Å². The van der Waals surface area contributed by atoms with E-state index in [0.717, 1.165) is 16.7 Å². The van der Waals surface area contributed by atoms with Gasteiger partial charge in [-0.15, -0.1) is 0 Å². The molecule has 1 amide bonds. The van der Waals surface area contributed by atoms with Crippen molar-refractivity contribution in [1.82, 2.24) is 10.2 Å². The van der Waals surface area contributed by atoms with Gasteiger partial charge in [0, 0.05) is 24.7 Å². The van der Waals surface area contributed by atoms with Gasteiger partial charge in [0.15, 0.2) is 0 Å². The molecule has 2 aromatic rings. The normalized spacial score (nSPS) is 17.9. The van der Waals surface area contributed by atoms with Gasteiger partial charge < -0.3 is 24.8 Å². The summed E-state index contributed by atoms with van der Waals surface area (Å²) in [6.07, 6.45) is -0.436. The summed E-state index contributed by atoms with van der Waals surface area (Å²) in [7, 11) is 0. The number of phenols is 1. The number of carbonyl (C=O) groups excluding carboxylic acids is 1. The minimum absolute atomic E-state index is 0.0242. The maximum absolute atomic E-state index is 12.4. The number of phenolic OH excluding ortho intramolecular Hbond substituents is 1. The molecule has 6 heteroatoms. The number of aryl methyl sites for hydroxylation is 1. The number of aromatic hydroxyl groups is 1. The molecular formula is C22H28N2O4. The summed E-state index contributed by atoms with van der Waals surface area (Å²) in [5.74, 6) is 0.279. The molecule has 1 saturated heterocycles. The van der Waals surface area contributed by atoms with Crippen LogP contribution in [0.25, 0.3) is 0 Å². The van der Waals surface area contributed by atoms with E-state index in [1.54, 1.807) is 11.0 Å². The lowest BCUT2D eigenvalue weighted by atomic mass is 10.0. The molecule has 0 radical (unpaired) electrons. The fraction of sp³-hybridized carbons (Fsp3) is 0.409. The van der Waals surface area contributed by atoms with Gasteiger partial charge in [-0.25, -0.2) is 4.79 Å². The van der Waals surface area contributed by atoms with E-state index >= 15 is 0 Å². The van der Waals surface area contributed by atoms with Gasteiger partial charge in [-0.3, -0.25) is 0 Å². The molecule has 1 fully saturated rings. The minimum atomic E-state index is -0.318. The Labute approximate surface area is 166 Å². The van der Waals surface area contributed by atoms with Gasteiger partial charge in [-0.1, -0.05) is 48.0 Å². The Morgan fingerprint density at radius 2 is 2.11 bits per heavy atom. The molecule has 0 spiro atoms. The number of hydrogen-bond acceptors (Lipinski definition) is 5. The molecule has 0 aliphatic carbocycles. The molecule has 1 aliphatic rings. The molecule has 1 aliphatic heterocycles. The van der Waals surface area contributed by atoms with E-state index in [1.165, 1.54) is 0 Å². The average Bonchev–Trinajstić information content (AvgIpc) is 2.73. The van der Waals surface area contributed by atoms with E-state index in [-0.39, 0.29) is 30.6 Å². The van der Waals surface area contributed by atoms with Crippen LogP contribution in [0.5, 0.6) is 5.75 Å². The van der Waals surface area contributed by atoms with Gasteiger partial charge in [0.25, 0.3) is 0 Å². The first-order valence-corrected chi connectivity index (χ1v) is 9.63. The third-order valence-electron chi connectivity index (χ3n) is 4.90. The number of amides is 1. The number of ether oxygens (including phenoxy) is 2. The quantitative estimate of drug-likeness (QED) is 0.799. The molecule has 0 saturated carbocycles. The van der Waals surface area contributed by atoms with Crippen molar-refractivity contribution in [2.24, 2.45) is 0 Å². The molecule has 2 aromatic carbocycles. The van der Waals surface area contributed by atoms with Crippen LogP contribution in [0, 0.1) is 6.92 Å². The highest BCUT2D eigenvalue weighted by atomic mass is 16.6. The van der Waals surface area contributed by atoms with E-state index < -0.39 is 0 Å². The fourth-order valence-electron chi connectivity index (χ4n) is 3.26. The molecule has 150 valence electrons. The number of rotatable bonds is 6. The molecule has 6 nitrogen and oxygen atoms in total. The van der Waals surface area contributed by atoms with Crippen LogP contribution in [-0.4, -0.2) is 48.4 Å². The topological polar surface area (TPSA) is 71.0 Å². The van der Waals surface area contributed by atoms with Crippen molar-refractivity contribution in [3.63, 3.8) is 0 Å². The SMILES string of the molecule is Cc1ccc(O)c(C(C)NCC2CN(C(=O)OCc3ccccc3)CCO2)c1. The molecular weight excluding hydrogens is 356 g/mol. The fourth-order valence-corrected chi connectivity index (χ4v) is 3.26. The van der Waals surface area contributed by atoms with Crippen LogP contribution in [0.4, 0.5) is 4.79 Å². The first kappa shape index (κ1) is 20.2. The summed E-state index contributed by atoms with van der Waals surface area (Å²) in [6, 6.07) is 15.2. The lowest BCUT2D eigenvalue weighted by Crippen LogP contribution is -2.49. The number of carbonyl (C=O) groups is 1. The maximum Gasteiger partial charge on any atom is 0.410 e. The standard InChI is InChI=1S/C22H28N2O4/c1-16-8-9-21(25)20(12-16)17(2)23-13-19-14-24(10-11-27-19)22(26)28-15-18-6-4-3-5-7-18/h3-9,12,17,19,23,25H,10-11,13-15H2,1-2H3. The van der Waals surface area contributed by atoms with Crippen molar-refractivity contribution in [2.75, 3.05) is 26.2 Å². The Balaban J connectivity index is 1.47. The number of benzene rings is 2. The first-order valence-electron chi connectivity index (χ1n) is 9.63. The third-order valence-corrected chi connectivity index (χ3v) is 4.90. The molecule has 1 heterocycles. The number of morpholine rings is 1. The molecule has 2 unspecified atom stereocenters. The van der Waals surface area contributed by atoms with Crippen LogP contribution in [-0.2, 0) is 16.1 Å². The zero-order chi connectivity index (χ0) is 19.9. The smallest absolute Gasteiger partial charge is 0.410 e. The second-order valence-corrected chi connectivity index (χ2v) is 7.17. The summed E-state index contributed by atoms with van der Waals surface area (Å²) >= 11 is 0. The highest BCUT2D eigenvalue weighted by Crippen LogP contribution is 2.25. The van der Waals surface area contributed by atoms with Crippen molar-refractivity contribution in [1.29, 1.82) is 0 Å².